The topological polar surface area (TPSA) is 78.8 Å². The highest BCUT2D eigenvalue weighted by Gasteiger charge is 2.32. The van der Waals surface area contributed by atoms with Gasteiger partial charge in [0.1, 0.15) is 10.7 Å². The summed E-state index contributed by atoms with van der Waals surface area (Å²) in [5.74, 6) is 1.14. The second kappa shape index (κ2) is 9.06. The maximum atomic E-state index is 13.0. The number of para-hydroxylation sites is 1. The molecule has 0 spiro atoms. The van der Waals surface area contributed by atoms with Gasteiger partial charge in [0.25, 0.3) is 10.0 Å². The molecular formula is C25H31N3O3S. The van der Waals surface area contributed by atoms with Gasteiger partial charge in [-0.2, -0.15) is 8.42 Å². The molecule has 0 radical (unpaired) electrons. The molecule has 1 fully saturated rings. The molecule has 0 atom stereocenters. The van der Waals surface area contributed by atoms with Crippen molar-refractivity contribution in [3.05, 3.63) is 60.2 Å². The van der Waals surface area contributed by atoms with E-state index in [4.69, 9.17) is 0 Å². The van der Waals surface area contributed by atoms with Crippen LogP contribution in [0.2, 0.25) is 0 Å². The molecule has 7 heteroatoms. The molecule has 1 amide bonds. The number of benzene rings is 2. The van der Waals surface area contributed by atoms with Gasteiger partial charge in [0, 0.05) is 25.9 Å². The number of carbonyl (C=O) groups is 1. The predicted octanol–water partition coefficient (Wildman–Crippen LogP) is 4.49. The Hall–Kier alpha value is -2.67. The van der Waals surface area contributed by atoms with E-state index >= 15 is 0 Å². The second-order valence-electron chi connectivity index (χ2n) is 9.67. The van der Waals surface area contributed by atoms with E-state index in [0.717, 1.165) is 32.4 Å². The van der Waals surface area contributed by atoms with Crippen LogP contribution in [0.5, 0.6) is 0 Å². The number of likely N-dealkylation sites (tertiary alicyclic amines) is 1. The molecule has 1 saturated heterocycles. The third kappa shape index (κ3) is 5.38. The molecule has 2 aliphatic rings. The first kappa shape index (κ1) is 22.5. The zero-order valence-electron chi connectivity index (χ0n) is 18.8. The summed E-state index contributed by atoms with van der Waals surface area (Å²) in [6, 6.07) is 17.3. The van der Waals surface area contributed by atoms with Gasteiger partial charge in [0.05, 0.1) is 5.69 Å². The minimum absolute atomic E-state index is 0.132. The van der Waals surface area contributed by atoms with Crippen LogP contribution >= 0.6 is 0 Å². The van der Waals surface area contributed by atoms with Crippen molar-refractivity contribution >= 4 is 27.5 Å². The van der Waals surface area contributed by atoms with Crippen LogP contribution in [0, 0.1) is 11.3 Å². The second-order valence-corrected chi connectivity index (χ2v) is 11.2. The van der Waals surface area contributed by atoms with Crippen molar-refractivity contribution in [1.82, 2.24) is 4.90 Å². The van der Waals surface area contributed by atoms with Gasteiger partial charge in [-0.05, 0) is 48.3 Å². The van der Waals surface area contributed by atoms with Crippen LogP contribution < -0.4 is 5.32 Å². The lowest BCUT2D eigenvalue weighted by Gasteiger charge is -2.35. The number of hydrogen-bond acceptors (Lipinski definition) is 4. The van der Waals surface area contributed by atoms with E-state index in [1.807, 2.05) is 24.8 Å². The molecule has 1 N–H and O–H groups in total. The van der Waals surface area contributed by atoms with Gasteiger partial charge in [-0.15, -0.1) is 4.40 Å². The summed E-state index contributed by atoms with van der Waals surface area (Å²) >= 11 is 0. The van der Waals surface area contributed by atoms with Crippen molar-refractivity contribution in [3.63, 3.8) is 0 Å². The molecule has 2 aliphatic heterocycles. The van der Waals surface area contributed by atoms with E-state index in [9.17, 15) is 13.2 Å². The number of carbonyl (C=O) groups excluding carboxylic acids is 1. The smallest absolute Gasteiger partial charge is 0.286 e. The van der Waals surface area contributed by atoms with E-state index in [1.54, 1.807) is 24.3 Å². The SMILES string of the molecule is CC(C)(CC(=O)N1CCC(Cc2ccccc2)CC1)CC1=NS(=O)(=O)c2ccccc2N1. The van der Waals surface area contributed by atoms with E-state index in [0.29, 0.717) is 30.3 Å². The highest BCUT2D eigenvalue weighted by atomic mass is 32.2. The number of anilines is 1. The number of sulfonamides is 1. The van der Waals surface area contributed by atoms with Crippen molar-refractivity contribution < 1.29 is 13.2 Å². The van der Waals surface area contributed by atoms with Crippen molar-refractivity contribution in [2.75, 3.05) is 18.4 Å². The molecule has 32 heavy (non-hydrogen) atoms. The number of amidine groups is 1. The quantitative estimate of drug-likeness (QED) is 0.699. The molecule has 6 nitrogen and oxygen atoms in total. The first-order valence-corrected chi connectivity index (χ1v) is 12.7. The average molecular weight is 454 g/mol. The van der Waals surface area contributed by atoms with Gasteiger partial charge in [-0.25, -0.2) is 0 Å². The van der Waals surface area contributed by atoms with Crippen LogP contribution in [0.25, 0.3) is 0 Å². The third-order valence-corrected chi connectivity index (χ3v) is 7.66. The minimum Gasteiger partial charge on any atom is -0.343 e. The van der Waals surface area contributed by atoms with Gasteiger partial charge in [-0.3, -0.25) is 4.79 Å². The Bertz CT molecular complexity index is 1100. The fourth-order valence-electron chi connectivity index (χ4n) is 4.61. The van der Waals surface area contributed by atoms with E-state index in [1.165, 1.54) is 5.56 Å². The van der Waals surface area contributed by atoms with Gasteiger partial charge >= 0.3 is 0 Å². The highest BCUT2D eigenvalue weighted by Crippen LogP contribution is 2.33. The number of amides is 1. The molecule has 0 aromatic heterocycles. The van der Waals surface area contributed by atoms with Crippen molar-refractivity contribution in [1.29, 1.82) is 0 Å². The molecule has 0 bridgehead atoms. The Kier molecular flexibility index (Phi) is 6.38. The Balaban J connectivity index is 1.32. The van der Waals surface area contributed by atoms with Gasteiger partial charge in [0.15, 0.2) is 0 Å². The van der Waals surface area contributed by atoms with Crippen LogP contribution in [0.4, 0.5) is 5.69 Å². The lowest BCUT2D eigenvalue weighted by atomic mass is 9.83. The molecule has 2 aromatic carbocycles. The highest BCUT2D eigenvalue weighted by molar-refractivity contribution is 7.90. The van der Waals surface area contributed by atoms with Crippen LogP contribution in [0.15, 0.2) is 63.9 Å². The molecule has 0 aliphatic carbocycles. The fourth-order valence-corrected chi connectivity index (χ4v) is 5.76. The normalized spacial score (nSPS) is 18.4. The maximum Gasteiger partial charge on any atom is 0.286 e. The summed E-state index contributed by atoms with van der Waals surface area (Å²) in [5, 5.41) is 3.14. The molecular weight excluding hydrogens is 422 g/mol. The first-order chi connectivity index (χ1) is 15.2. The molecule has 170 valence electrons. The number of nitrogens with one attached hydrogen (secondary N) is 1. The summed E-state index contributed by atoms with van der Waals surface area (Å²) < 4.78 is 29.0. The predicted molar refractivity (Wildman–Crippen MR) is 127 cm³/mol. The van der Waals surface area contributed by atoms with E-state index in [-0.39, 0.29) is 10.8 Å². The number of rotatable bonds is 6. The third-order valence-electron chi connectivity index (χ3n) is 6.28. The minimum atomic E-state index is -3.71. The van der Waals surface area contributed by atoms with Crippen molar-refractivity contribution in [3.8, 4) is 0 Å². The van der Waals surface area contributed by atoms with E-state index in [2.05, 4.69) is 34.0 Å². The zero-order chi connectivity index (χ0) is 22.8. The van der Waals surface area contributed by atoms with Crippen molar-refractivity contribution in [2.24, 2.45) is 15.7 Å². The van der Waals surface area contributed by atoms with Crippen molar-refractivity contribution in [2.45, 2.75) is 50.8 Å². The monoisotopic (exact) mass is 453 g/mol. The summed E-state index contributed by atoms with van der Waals surface area (Å²) in [7, 11) is -3.71. The number of piperidine rings is 1. The number of fused-ring (bicyclic) bond motifs is 1. The van der Waals surface area contributed by atoms with Crippen LogP contribution in [0.1, 0.15) is 45.1 Å². The Morgan fingerprint density at radius 3 is 2.44 bits per heavy atom. The van der Waals surface area contributed by atoms with Crippen LogP contribution in [-0.4, -0.2) is 38.2 Å². The fraction of sp³-hybridized carbons (Fsp3) is 0.440. The summed E-state index contributed by atoms with van der Waals surface area (Å²) in [6.07, 6.45) is 3.85. The Labute approximate surface area is 190 Å². The maximum absolute atomic E-state index is 13.0. The standard InChI is InChI=1S/C25H31N3O3S/c1-25(2,17-23-26-21-10-6-7-11-22(21)32(30,31)27-23)18-24(29)28-14-12-20(13-15-28)16-19-8-4-3-5-9-19/h3-11,20H,12-18H2,1-2H3,(H,26,27). The summed E-state index contributed by atoms with van der Waals surface area (Å²) in [5.41, 5.74) is 1.49. The molecule has 2 heterocycles. The first-order valence-electron chi connectivity index (χ1n) is 11.2. The zero-order valence-corrected chi connectivity index (χ0v) is 19.6. The average Bonchev–Trinajstić information content (AvgIpc) is 2.74. The Morgan fingerprint density at radius 2 is 1.72 bits per heavy atom. The van der Waals surface area contributed by atoms with Gasteiger partial charge < -0.3 is 10.2 Å². The lowest BCUT2D eigenvalue weighted by Crippen LogP contribution is -2.41. The largest absolute Gasteiger partial charge is 0.343 e. The van der Waals surface area contributed by atoms with Crippen LogP contribution in [-0.2, 0) is 21.2 Å². The summed E-state index contributed by atoms with van der Waals surface area (Å²) in [6.45, 7) is 5.55. The van der Waals surface area contributed by atoms with Crippen LogP contribution in [0.3, 0.4) is 0 Å². The Morgan fingerprint density at radius 1 is 1.06 bits per heavy atom. The number of nitrogens with zero attached hydrogens (tertiary/aromatic N) is 2. The number of hydrogen-bond donors (Lipinski definition) is 1. The summed E-state index contributed by atoms with van der Waals surface area (Å²) in [4.78, 5) is 15.1. The lowest BCUT2D eigenvalue weighted by molar-refractivity contribution is -0.134. The van der Waals surface area contributed by atoms with Gasteiger partial charge in [0.2, 0.25) is 5.91 Å². The van der Waals surface area contributed by atoms with E-state index < -0.39 is 15.4 Å². The molecule has 0 saturated carbocycles. The van der Waals surface area contributed by atoms with Gasteiger partial charge in [-0.1, -0.05) is 56.3 Å². The molecule has 2 aromatic rings. The molecule has 0 unspecified atom stereocenters. The molecule has 4 rings (SSSR count).